The fraction of sp³-hybridized carbons (Fsp3) is 0.545. The van der Waals surface area contributed by atoms with Crippen molar-refractivity contribution in [2.75, 3.05) is 6.54 Å². The second-order valence-electron chi connectivity index (χ2n) is 3.94. The lowest BCUT2D eigenvalue weighted by atomic mass is 10.4. The Labute approximate surface area is 105 Å². The maximum absolute atomic E-state index is 4.26. The standard InChI is InChI=1S/C11H17N5S/c1-4-5-12-6-10-14-15-11(17-10)16-7-13-8(2)9(16)3/h7,12H,4-6H2,1-3H3. The molecule has 0 bridgehead atoms. The fourth-order valence-electron chi connectivity index (χ4n) is 1.48. The van der Waals surface area contributed by atoms with Crippen molar-refractivity contribution < 1.29 is 0 Å². The quantitative estimate of drug-likeness (QED) is 0.824. The highest BCUT2D eigenvalue weighted by atomic mass is 32.1. The predicted molar refractivity (Wildman–Crippen MR) is 68.5 cm³/mol. The van der Waals surface area contributed by atoms with Gasteiger partial charge in [-0.3, -0.25) is 4.57 Å². The van der Waals surface area contributed by atoms with Gasteiger partial charge < -0.3 is 5.32 Å². The summed E-state index contributed by atoms with van der Waals surface area (Å²) in [4.78, 5) is 4.26. The number of imidazole rings is 1. The van der Waals surface area contributed by atoms with Crippen molar-refractivity contribution in [3.8, 4) is 5.13 Å². The van der Waals surface area contributed by atoms with Crippen LogP contribution in [0.3, 0.4) is 0 Å². The molecule has 17 heavy (non-hydrogen) atoms. The van der Waals surface area contributed by atoms with Gasteiger partial charge in [-0.05, 0) is 26.8 Å². The molecular weight excluding hydrogens is 234 g/mol. The second-order valence-corrected chi connectivity index (χ2v) is 4.98. The van der Waals surface area contributed by atoms with Crippen molar-refractivity contribution in [1.82, 2.24) is 25.1 Å². The Balaban J connectivity index is 2.10. The molecule has 0 saturated heterocycles. The van der Waals surface area contributed by atoms with E-state index in [9.17, 15) is 0 Å². The normalized spacial score (nSPS) is 11.0. The van der Waals surface area contributed by atoms with Crippen LogP contribution in [0.4, 0.5) is 0 Å². The number of rotatable bonds is 5. The second kappa shape index (κ2) is 5.37. The monoisotopic (exact) mass is 251 g/mol. The molecule has 6 heteroatoms. The first-order valence-corrected chi connectivity index (χ1v) is 6.58. The van der Waals surface area contributed by atoms with E-state index in [4.69, 9.17) is 0 Å². The van der Waals surface area contributed by atoms with E-state index in [0.29, 0.717) is 0 Å². The van der Waals surface area contributed by atoms with Gasteiger partial charge in [-0.25, -0.2) is 4.98 Å². The lowest BCUT2D eigenvalue weighted by Crippen LogP contribution is -2.13. The largest absolute Gasteiger partial charge is 0.310 e. The summed E-state index contributed by atoms with van der Waals surface area (Å²) in [6.07, 6.45) is 2.93. The summed E-state index contributed by atoms with van der Waals surface area (Å²) >= 11 is 1.60. The first-order chi connectivity index (χ1) is 8.22. The van der Waals surface area contributed by atoms with Crippen LogP contribution in [0.25, 0.3) is 5.13 Å². The van der Waals surface area contributed by atoms with Crippen molar-refractivity contribution in [2.24, 2.45) is 0 Å². The molecule has 2 rings (SSSR count). The molecule has 0 saturated carbocycles. The van der Waals surface area contributed by atoms with Crippen LogP contribution < -0.4 is 5.32 Å². The summed E-state index contributed by atoms with van der Waals surface area (Å²) in [5, 5.41) is 13.6. The minimum absolute atomic E-state index is 0.790. The molecule has 0 aliphatic rings. The Morgan fingerprint density at radius 2 is 2.18 bits per heavy atom. The highest BCUT2D eigenvalue weighted by molar-refractivity contribution is 7.13. The van der Waals surface area contributed by atoms with Gasteiger partial charge in [0.25, 0.3) is 0 Å². The molecule has 5 nitrogen and oxygen atoms in total. The lowest BCUT2D eigenvalue weighted by Gasteiger charge is -1.98. The molecule has 2 heterocycles. The van der Waals surface area contributed by atoms with Crippen molar-refractivity contribution >= 4 is 11.3 Å². The summed E-state index contributed by atoms with van der Waals surface area (Å²) in [5.41, 5.74) is 2.15. The molecule has 0 aromatic carbocycles. The van der Waals surface area contributed by atoms with Crippen LogP contribution in [0.2, 0.25) is 0 Å². The topological polar surface area (TPSA) is 55.6 Å². The van der Waals surface area contributed by atoms with Gasteiger partial charge >= 0.3 is 0 Å². The van der Waals surface area contributed by atoms with Crippen LogP contribution in [0.1, 0.15) is 29.7 Å². The number of hydrogen-bond acceptors (Lipinski definition) is 5. The van der Waals surface area contributed by atoms with Gasteiger partial charge in [-0.2, -0.15) is 0 Å². The Bertz CT molecular complexity index is 488. The van der Waals surface area contributed by atoms with Crippen LogP contribution in [0.15, 0.2) is 6.33 Å². The average Bonchev–Trinajstić information content (AvgIpc) is 2.89. The smallest absolute Gasteiger partial charge is 0.217 e. The van der Waals surface area contributed by atoms with E-state index in [1.165, 1.54) is 0 Å². The third-order valence-corrected chi connectivity index (χ3v) is 3.54. The van der Waals surface area contributed by atoms with Crippen LogP contribution in [-0.4, -0.2) is 26.3 Å². The highest BCUT2D eigenvalue weighted by Gasteiger charge is 2.09. The summed E-state index contributed by atoms with van der Waals surface area (Å²) in [6.45, 7) is 7.99. The van der Waals surface area contributed by atoms with Crippen molar-refractivity contribution in [3.05, 3.63) is 22.7 Å². The highest BCUT2D eigenvalue weighted by Crippen LogP contribution is 2.17. The molecule has 1 N–H and O–H groups in total. The molecule has 92 valence electrons. The molecule has 0 fully saturated rings. The number of aryl methyl sites for hydroxylation is 1. The van der Waals surface area contributed by atoms with Gasteiger partial charge in [0.1, 0.15) is 11.3 Å². The summed E-state index contributed by atoms with van der Waals surface area (Å²) in [5.74, 6) is 0. The molecule has 0 unspecified atom stereocenters. The first kappa shape index (κ1) is 12.2. The minimum atomic E-state index is 0.790. The van der Waals surface area contributed by atoms with Gasteiger partial charge in [0, 0.05) is 12.2 Å². The fourth-order valence-corrected chi connectivity index (χ4v) is 2.31. The van der Waals surface area contributed by atoms with Gasteiger partial charge in [0.2, 0.25) is 5.13 Å². The predicted octanol–water partition coefficient (Wildman–Crippen LogP) is 1.84. The lowest BCUT2D eigenvalue weighted by molar-refractivity contribution is 0.668. The van der Waals surface area contributed by atoms with E-state index in [0.717, 1.165) is 41.0 Å². The summed E-state index contributed by atoms with van der Waals surface area (Å²) in [6, 6.07) is 0. The molecule has 0 radical (unpaired) electrons. The van der Waals surface area contributed by atoms with Crippen molar-refractivity contribution in [3.63, 3.8) is 0 Å². The molecule has 0 amide bonds. The average molecular weight is 251 g/mol. The zero-order valence-electron chi connectivity index (χ0n) is 10.4. The first-order valence-electron chi connectivity index (χ1n) is 5.76. The number of aromatic nitrogens is 4. The Hall–Kier alpha value is -1.27. The maximum Gasteiger partial charge on any atom is 0.217 e. The van der Waals surface area contributed by atoms with Crippen molar-refractivity contribution in [2.45, 2.75) is 33.7 Å². The van der Waals surface area contributed by atoms with Crippen LogP contribution in [-0.2, 0) is 6.54 Å². The Kier molecular flexibility index (Phi) is 3.86. The maximum atomic E-state index is 4.26. The van der Waals surface area contributed by atoms with Crippen LogP contribution in [0, 0.1) is 13.8 Å². The van der Waals surface area contributed by atoms with Crippen LogP contribution >= 0.6 is 11.3 Å². The van der Waals surface area contributed by atoms with Gasteiger partial charge in [-0.15, -0.1) is 10.2 Å². The molecule has 0 atom stereocenters. The van der Waals surface area contributed by atoms with E-state index in [1.54, 1.807) is 17.7 Å². The SMILES string of the molecule is CCCNCc1nnc(-n2cnc(C)c2C)s1. The van der Waals surface area contributed by atoms with Gasteiger partial charge in [-0.1, -0.05) is 18.3 Å². The summed E-state index contributed by atoms with van der Waals surface area (Å²) < 4.78 is 1.98. The number of nitrogens with zero attached hydrogens (tertiary/aromatic N) is 4. The zero-order valence-corrected chi connectivity index (χ0v) is 11.2. The van der Waals surface area contributed by atoms with E-state index in [2.05, 4.69) is 27.4 Å². The number of nitrogens with one attached hydrogen (secondary N) is 1. The molecule has 0 aliphatic heterocycles. The molecule has 0 aliphatic carbocycles. The molecule has 2 aromatic heterocycles. The third kappa shape index (κ3) is 2.70. The van der Waals surface area contributed by atoms with Crippen molar-refractivity contribution in [1.29, 1.82) is 0 Å². The molecule has 2 aromatic rings. The van der Waals surface area contributed by atoms with E-state index in [-0.39, 0.29) is 0 Å². The molecule has 0 spiro atoms. The van der Waals surface area contributed by atoms with E-state index >= 15 is 0 Å². The zero-order chi connectivity index (χ0) is 12.3. The van der Waals surface area contributed by atoms with E-state index in [1.807, 2.05) is 18.4 Å². The van der Waals surface area contributed by atoms with E-state index < -0.39 is 0 Å². The van der Waals surface area contributed by atoms with Gasteiger partial charge in [0.05, 0.1) is 5.69 Å². The summed E-state index contributed by atoms with van der Waals surface area (Å²) in [7, 11) is 0. The van der Waals surface area contributed by atoms with Crippen LogP contribution in [0.5, 0.6) is 0 Å². The minimum Gasteiger partial charge on any atom is -0.310 e. The third-order valence-electron chi connectivity index (χ3n) is 2.62. The number of hydrogen-bond donors (Lipinski definition) is 1. The van der Waals surface area contributed by atoms with Gasteiger partial charge in [0.15, 0.2) is 0 Å². The Morgan fingerprint density at radius 3 is 2.82 bits per heavy atom. The molecular formula is C11H17N5S. The Morgan fingerprint density at radius 1 is 1.35 bits per heavy atom.